The maximum atomic E-state index is 10.0. The monoisotopic (exact) mass is 236 g/mol. The fourth-order valence-corrected chi connectivity index (χ4v) is 1.18. The van der Waals surface area contributed by atoms with Crippen LogP contribution in [-0.2, 0) is 9.53 Å². The predicted molar refractivity (Wildman–Crippen MR) is 69.9 cm³/mol. The fraction of sp³-hybridized carbons (Fsp3) is 0.357. The van der Waals surface area contributed by atoms with Crippen LogP contribution in [0.2, 0.25) is 0 Å². The highest BCUT2D eigenvalue weighted by Crippen LogP contribution is 2.00. The first kappa shape index (κ1) is 15.4. The van der Waals surface area contributed by atoms with E-state index in [1.54, 1.807) is 0 Å². The molecule has 0 aromatic heterocycles. The smallest absolute Gasteiger partial charge is 0.305 e. The summed E-state index contributed by atoms with van der Waals surface area (Å²) in [6.07, 6.45) is 2.57. The van der Waals surface area contributed by atoms with Crippen LogP contribution in [-0.4, -0.2) is 24.3 Å². The van der Waals surface area contributed by atoms with E-state index in [9.17, 15) is 4.79 Å². The van der Waals surface area contributed by atoms with E-state index in [-0.39, 0.29) is 12.5 Å². The summed E-state index contributed by atoms with van der Waals surface area (Å²) in [5, 5.41) is 8.27. The van der Waals surface area contributed by atoms with Crippen LogP contribution in [0.15, 0.2) is 36.9 Å². The van der Waals surface area contributed by atoms with Gasteiger partial charge >= 0.3 is 5.97 Å². The van der Waals surface area contributed by atoms with Gasteiger partial charge in [0, 0.05) is 7.11 Å². The molecule has 0 aliphatic heterocycles. The molecule has 0 radical (unpaired) electrons. The SMILES string of the molecule is C=Cc1ccccc1.CCC(CC(=O)O)OC. The van der Waals surface area contributed by atoms with Crippen LogP contribution in [0.1, 0.15) is 25.3 Å². The van der Waals surface area contributed by atoms with E-state index in [0.717, 1.165) is 6.42 Å². The largest absolute Gasteiger partial charge is 0.481 e. The van der Waals surface area contributed by atoms with Crippen molar-refractivity contribution < 1.29 is 14.6 Å². The molecule has 3 heteroatoms. The van der Waals surface area contributed by atoms with Crippen LogP contribution < -0.4 is 0 Å². The van der Waals surface area contributed by atoms with Gasteiger partial charge in [-0.3, -0.25) is 4.79 Å². The summed E-state index contributed by atoms with van der Waals surface area (Å²) in [5.74, 6) is -0.802. The molecule has 0 aliphatic rings. The number of hydrogen-bond acceptors (Lipinski definition) is 2. The molecule has 0 spiro atoms. The molecule has 0 heterocycles. The van der Waals surface area contributed by atoms with Gasteiger partial charge in [0.25, 0.3) is 0 Å². The van der Waals surface area contributed by atoms with Gasteiger partial charge in [-0.2, -0.15) is 0 Å². The summed E-state index contributed by atoms with van der Waals surface area (Å²) in [6.45, 7) is 5.53. The van der Waals surface area contributed by atoms with Gasteiger partial charge < -0.3 is 9.84 Å². The maximum absolute atomic E-state index is 10.0. The number of benzene rings is 1. The van der Waals surface area contributed by atoms with Gasteiger partial charge in [-0.1, -0.05) is 49.9 Å². The number of carboxylic acid groups (broad SMARTS) is 1. The van der Waals surface area contributed by atoms with Gasteiger partial charge in [0.05, 0.1) is 12.5 Å². The molecule has 0 bridgehead atoms. The Morgan fingerprint density at radius 1 is 1.47 bits per heavy atom. The molecule has 17 heavy (non-hydrogen) atoms. The number of methoxy groups -OCH3 is 1. The highest BCUT2D eigenvalue weighted by molar-refractivity contribution is 5.67. The Balaban J connectivity index is 0.000000302. The van der Waals surface area contributed by atoms with Crippen molar-refractivity contribution >= 4 is 12.0 Å². The second-order valence-electron chi connectivity index (χ2n) is 3.48. The van der Waals surface area contributed by atoms with Gasteiger partial charge in [0.2, 0.25) is 0 Å². The van der Waals surface area contributed by atoms with E-state index in [0.29, 0.717) is 0 Å². The fourth-order valence-electron chi connectivity index (χ4n) is 1.18. The molecule has 1 aromatic carbocycles. The van der Waals surface area contributed by atoms with Crippen molar-refractivity contribution in [1.82, 2.24) is 0 Å². The Hall–Kier alpha value is -1.61. The number of carbonyl (C=O) groups is 1. The topological polar surface area (TPSA) is 46.5 Å². The highest BCUT2D eigenvalue weighted by Gasteiger charge is 2.08. The van der Waals surface area contributed by atoms with Crippen molar-refractivity contribution in [2.45, 2.75) is 25.9 Å². The molecule has 3 nitrogen and oxygen atoms in total. The van der Waals surface area contributed by atoms with Crippen molar-refractivity contribution in [1.29, 1.82) is 0 Å². The average molecular weight is 236 g/mol. The standard InChI is InChI=1S/C8H8.C6H12O3/c1-2-8-6-4-3-5-7-8;1-3-5(9-2)4-6(7)8/h2-7H,1H2;5H,3-4H2,1-2H3,(H,7,8). The Kier molecular flexibility index (Phi) is 8.69. The first-order chi connectivity index (χ1) is 8.13. The van der Waals surface area contributed by atoms with Gasteiger partial charge in [-0.15, -0.1) is 0 Å². The third-order valence-corrected chi connectivity index (χ3v) is 2.23. The molecule has 0 amide bonds. The minimum atomic E-state index is -0.802. The Morgan fingerprint density at radius 3 is 2.29 bits per heavy atom. The number of aliphatic carboxylic acids is 1. The minimum absolute atomic E-state index is 0.104. The number of hydrogen-bond donors (Lipinski definition) is 1. The van der Waals surface area contributed by atoms with Crippen LogP contribution in [0.3, 0.4) is 0 Å². The van der Waals surface area contributed by atoms with Crippen LogP contribution in [0.4, 0.5) is 0 Å². The van der Waals surface area contributed by atoms with E-state index in [4.69, 9.17) is 9.84 Å². The summed E-state index contributed by atoms with van der Waals surface area (Å²) < 4.78 is 4.83. The third kappa shape index (κ3) is 8.22. The van der Waals surface area contributed by atoms with Crippen LogP contribution in [0.5, 0.6) is 0 Å². The summed E-state index contributed by atoms with van der Waals surface area (Å²) in [6, 6.07) is 10.0. The molecule has 1 aromatic rings. The zero-order valence-electron chi connectivity index (χ0n) is 10.4. The van der Waals surface area contributed by atoms with Gasteiger partial charge in [-0.25, -0.2) is 0 Å². The number of ether oxygens (including phenoxy) is 1. The number of carboxylic acids is 1. The molecule has 0 fully saturated rings. The van der Waals surface area contributed by atoms with E-state index < -0.39 is 5.97 Å². The molecule has 1 atom stereocenters. The van der Waals surface area contributed by atoms with Crippen molar-refractivity contribution in [3.05, 3.63) is 42.5 Å². The zero-order chi connectivity index (χ0) is 13.1. The van der Waals surface area contributed by atoms with Crippen LogP contribution in [0.25, 0.3) is 6.08 Å². The molecular formula is C14H20O3. The maximum Gasteiger partial charge on any atom is 0.305 e. The molecule has 94 valence electrons. The lowest BCUT2D eigenvalue weighted by Gasteiger charge is -2.07. The van der Waals surface area contributed by atoms with Crippen LogP contribution >= 0.6 is 0 Å². The quantitative estimate of drug-likeness (QED) is 0.853. The lowest BCUT2D eigenvalue weighted by atomic mass is 10.2. The molecular weight excluding hydrogens is 216 g/mol. The molecule has 0 aliphatic carbocycles. The minimum Gasteiger partial charge on any atom is -0.481 e. The van der Waals surface area contributed by atoms with E-state index in [1.807, 2.05) is 43.3 Å². The summed E-state index contributed by atoms with van der Waals surface area (Å²) in [4.78, 5) is 10.0. The summed E-state index contributed by atoms with van der Waals surface area (Å²) in [5.41, 5.74) is 1.17. The van der Waals surface area contributed by atoms with Crippen molar-refractivity contribution in [3.63, 3.8) is 0 Å². The average Bonchev–Trinajstić information content (AvgIpc) is 2.37. The van der Waals surface area contributed by atoms with Crippen molar-refractivity contribution in [3.8, 4) is 0 Å². The second kappa shape index (κ2) is 9.60. The third-order valence-electron chi connectivity index (χ3n) is 2.23. The lowest BCUT2D eigenvalue weighted by molar-refractivity contribution is -0.139. The van der Waals surface area contributed by atoms with Gasteiger partial charge in [0.1, 0.15) is 0 Å². The first-order valence-corrected chi connectivity index (χ1v) is 5.56. The molecule has 1 unspecified atom stereocenters. The summed E-state index contributed by atoms with van der Waals surface area (Å²) >= 11 is 0. The van der Waals surface area contributed by atoms with Crippen LogP contribution in [0, 0.1) is 0 Å². The van der Waals surface area contributed by atoms with E-state index in [1.165, 1.54) is 12.7 Å². The molecule has 1 N–H and O–H groups in total. The van der Waals surface area contributed by atoms with E-state index in [2.05, 4.69) is 6.58 Å². The van der Waals surface area contributed by atoms with Gasteiger partial charge in [-0.05, 0) is 12.0 Å². The Morgan fingerprint density at radius 2 is 2.06 bits per heavy atom. The molecule has 0 saturated carbocycles. The zero-order valence-corrected chi connectivity index (χ0v) is 10.4. The second-order valence-corrected chi connectivity index (χ2v) is 3.48. The molecule has 0 saturated heterocycles. The predicted octanol–water partition coefficient (Wildman–Crippen LogP) is 3.22. The highest BCUT2D eigenvalue weighted by atomic mass is 16.5. The lowest BCUT2D eigenvalue weighted by Crippen LogP contribution is -2.14. The normalized spacial score (nSPS) is 10.9. The molecule has 1 rings (SSSR count). The van der Waals surface area contributed by atoms with Crippen molar-refractivity contribution in [2.75, 3.05) is 7.11 Å². The first-order valence-electron chi connectivity index (χ1n) is 5.56. The summed E-state index contributed by atoms with van der Waals surface area (Å²) in [7, 11) is 1.52. The van der Waals surface area contributed by atoms with E-state index >= 15 is 0 Å². The van der Waals surface area contributed by atoms with Gasteiger partial charge in [0.15, 0.2) is 0 Å². The van der Waals surface area contributed by atoms with Crippen molar-refractivity contribution in [2.24, 2.45) is 0 Å². The Labute approximate surface area is 103 Å². The number of rotatable bonds is 5. The Bertz CT molecular complexity index is 315.